The van der Waals surface area contributed by atoms with Crippen molar-refractivity contribution in [2.75, 3.05) is 19.6 Å². The molecule has 0 spiro atoms. The molecule has 1 aliphatic rings. The molecule has 2 heterocycles. The zero-order chi connectivity index (χ0) is 27.4. The van der Waals surface area contributed by atoms with Gasteiger partial charge in [-0.3, -0.25) is 4.79 Å². The number of sulfonamides is 1. The first kappa shape index (κ1) is 27.8. The molecule has 4 rings (SSSR count). The molecule has 1 saturated heterocycles. The second kappa shape index (κ2) is 11.7. The average molecular weight is 536 g/mol. The molecule has 0 radical (unpaired) electrons. The van der Waals surface area contributed by atoms with Crippen LogP contribution in [0.3, 0.4) is 0 Å². The van der Waals surface area contributed by atoms with Crippen LogP contribution >= 0.6 is 0 Å². The highest BCUT2D eigenvalue weighted by molar-refractivity contribution is 7.89. The van der Waals surface area contributed by atoms with Crippen LogP contribution in [0.1, 0.15) is 65.0 Å². The van der Waals surface area contributed by atoms with Gasteiger partial charge in [0.25, 0.3) is 0 Å². The van der Waals surface area contributed by atoms with E-state index in [1.807, 2.05) is 38.1 Å². The van der Waals surface area contributed by atoms with E-state index in [-0.39, 0.29) is 41.5 Å². The van der Waals surface area contributed by atoms with E-state index >= 15 is 0 Å². The van der Waals surface area contributed by atoms with Gasteiger partial charge in [-0.05, 0) is 74.8 Å². The largest absolute Gasteiger partial charge is 0.355 e. The number of rotatable bonds is 8. The quantitative estimate of drug-likeness (QED) is 0.417. The monoisotopic (exact) mass is 535 g/mol. The van der Waals surface area contributed by atoms with E-state index in [4.69, 9.17) is 4.52 Å². The van der Waals surface area contributed by atoms with Crippen LogP contribution in [0.15, 0.2) is 51.9 Å². The summed E-state index contributed by atoms with van der Waals surface area (Å²) in [6, 6.07) is 14.3. The molecule has 7 nitrogen and oxygen atoms in total. The molecule has 1 atom stereocenters. The molecular formula is C30H37N3O4S. The van der Waals surface area contributed by atoms with Crippen molar-refractivity contribution in [3.05, 3.63) is 81.7 Å². The fourth-order valence-electron chi connectivity index (χ4n) is 5.20. The molecule has 3 aromatic rings. The highest BCUT2D eigenvalue weighted by Gasteiger charge is 2.36. The Bertz CT molecular complexity index is 1400. The molecule has 1 amide bonds. The number of hydrogen-bond acceptors (Lipinski definition) is 5. The van der Waals surface area contributed by atoms with Crippen molar-refractivity contribution in [3.8, 4) is 0 Å². The maximum atomic E-state index is 13.6. The Morgan fingerprint density at radius 1 is 1.08 bits per heavy atom. The van der Waals surface area contributed by atoms with Crippen molar-refractivity contribution in [2.45, 2.75) is 58.3 Å². The predicted molar refractivity (Wildman–Crippen MR) is 150 cm³/mol. The first-order valence-electron chi connectivity index (χ1n) is 13.1. The SMILES string of the molecule is Cc1cc(C)c(/C=C/c2onc(C)c2S(=O)(=O)N2CCC(C(=O)NC[C@H](C)c3ccccc3)CC2)c(C)c1. The molecule has 8 heteroatoms. The lowest BCUT2D eigenvalue weighted by molar-refractivity contribution is -0.126. The highest BCUT2D eigenvalue weighted by Crippen LogP contribution is 2.30. The maximum Gasteiger partial charge on any atom is 0.248 e. The van der Waals surface area contributed by atoms with Gasteiger partial charge in [0.15, 0.2) is 10.7 Å². The van der Waals surface area contributed by atoms with Gasteiger partial charge in [0, 0.05) is 25.6 Å². The molecule has 0 aliphatic carbocycles. The minimum absolute atomic E-state index is 0.0153. The van der Waals surface area contributed by atoms with E-state index in [1.54, 1.807) is 13.0 Å². The van der Waals surface area contributed by atoms with Crippen molar-refractivity contribution in [1.29, 1.82) is 0 Å². The smallest absolute Gasteiger partial charge is 0.248 e. The van der Waals surface area contributed by atoms with Gasteiger partial charge < -0.3 is 9.84 Å². The molecule has 0 bridgehead atoms. The Balaban J connectivity index is 1.41. The summed E-state index contributed by atoms with van der Waals surface area (Å²) < 4.78 is 34.1. The number of benzene rings is 2. The van der Waals surface area contributed by atoms with Crippen molar-refractivity contribution >= 4 is 28.1 Å². The third kappa shape index (κ3) is 6.08. The number of carbonyl (C=O) groups is 1. The van der Waals surface area contributed by atoms with E-state index < -0.39 is 10.0 Å². The number of amides is 1. The molecular weight excluding hydrogens is 498 g/mol. The van der Waals surface area contributed by atoms with Gasteiger partial charge in [-0.25, -0.2) is 8.42 Å². The molecule has 1 fully saturated rings. The van der Waals surface area contributed by atoms with Gasteiger partial charge in [0.2, 0.25) is 15.9 Å². The van der Waals surface area contributed by atoms with Crippen molar-refractivity contribution in [2.24, 2.45) is 5.92 Å². The Labute approximate surface area is 226 Å². The highest BCUT2D eigenvalue weighted by atomic mass is 32.2. The first-order valence-corrected chi connectivity index (χ1v) is 14.6. The van der Waals surface area contributed by atoms with Gasteiger partial charge in [-0.2, -0.15) is 4.31 Å². The average Bonchev–Trinajstić information content (AvgIpc) is 3.28. The van der Waals surface area contributed by atoms with Gasteiger partial charge in [0.1, 0.15) is 5.69 Å². The minimum atomic E-state index is -3.83. The number of aryl methyl sites for hydroxylation is 4. The second-order valence-electron chi connectivity index (χ2n) is 10.3. The van der Waals surface area contributed by atoms with Crippen LogP contribution in [0.25, 0.3) is 12.2 Å². The second-order valence-corrected chi connectivity index (χ2v) is 12.2. The van der Waals surface area contributed by atoms with Crippen LogP contribution < -0.4 is 5.32 Å². The fraction of sp³-hybridized carbons (Fsp3) is 0.400. The number of nitrogens with zero attached hydrogens (tertiary/aromatic N) is 2. The summed E-state index contributed by atoms with van der Waals surface area (Å²) in [5.74, 6) is 0.200. The van der Waals surface area contributed by atoms with E-state index in [0.29, 0.717) is 25.1 Å². The van der Waals surface area contributed by atoms with Crippen LogP contribution in [0, 0.1) is 33.6 Å². The summed E-state index contributed by atoms with van der Waals surface area (Å²) in [6.07, 6.45) is 4.52. The van der Waals surface area contributed by atoms with E-state index in [9.17, 15) is 13.2 Å². The van der Waals surface area contributed by atoms with Crippen LogP contribution in [-0.4, -0.2) is 43.4 Å². The lowest BCUT2D eigenvalue weighted by Gasteiger charge is -2.30. The summed E-state index contributed by atoms with van der Waals surface area (Å²) in [7, 11) is -3.83. The minimum Gasteiger partial charge on any atom is -0.355 e. The third-order valence-electron chi connectivity index (χ3n) is 7.35. The van der Waals surface area contributed by atoms with Crippen LogP contribution in [0.2, 0.25) is 0 Å². The molecule has 0 unspecified atom stereocenters. The molecule has 1 aliphatic heterocycles. The molecule has 1 N–H and O–H groups in total. The fourth-order valence-corrected chi connectivity index (χ4v) is 6.92. The number of piperidine rings is 1. The van der Waals surface area contributed by atoms with E-state index in [1.165, 1.54) is 15.4 Å². The predicted octanol–water partition coefficient (Wildman–Crippen LogP) is 5.40. The Morgan fingerprint density at radius 3 is 2.34 bits per heavy atom. The Morgan fingerprint density at radius 2 is 1.71 bits per heavy atom. The topological polar surface area (TPSA) is 92.5 Å². The van der Waals surface area contributed by atoms with Crippen molar-refractivity contribution < 1.29 is 17.7 Å². The summed E-state index contributed by atoms with van der Waals surface area (Å²) in [5, 5.41) is 7.02. The molecule has 38 heavy (non-hydrogen) atoms. The molecule has 0 saturated carbocycles. The normalized spacial score (nSPS) is 16.1. The standard InChI is InChI=1S/C30H37N3O4S/c1-20-17-21(2)27(22(3)18-20)11-12-28-29(24(5)32-37-28)38(35,36)33-15-13-26(14-16-33)30(34)31-19-23(4)25-9-7-6-8-10-25/h6-12,17-18,23,26H,13-16,19H2,1-5H3,(H,31,34)/b12-11+/t23-/m0/s1. The van der Waals surface area contributed by atoms with Crippen LogP contribution in [0.4, 0.5) is 0 Å². The van der Waals surface area contributed by atoms with Crippen molar-refractivity contribution in [1.82, 2.24) is 14.8 Å². The zero-order valence-electron chi connectivity index (χ0n) is 22.8. The lowest BCUT2D eigenvalue weighted by atomic mass is 9.96. The maximum absolute atomic E-state index is 13.6. The number of nitrogens with one attached hydrogen (secondary N) is 1. The van der Waals surface area contributed by atoms with Crippen molar-refractivity contribution in [3.63, 3.8) is 0 Å². The first-order chi connectivity index (χ1) is 18.1. The van der Waals surface area contributed by atoms with Crippen LogP contribution in [0.5, 0.6) is 0 Å². The summed E-state index contributed by atoms with van der Waals surface area (Å²) >= 11 is 0. The van der Waals surface area contributed by atoms with Gasteiger partial charge in [-0.1, -0.05) is 66.2 Å². The lowest BCUT2D eigenvalue weighted by Crippen LogP contribution is -2.43. The van der Waals surface area contributed by atoms with Gasteiger partial charge in [0.05, 0.1) is 0 Å². The van der Waals surface area contributed by atoms with Gasteiger partial charge in [-0.15, -0.1) is 0 Å². The van der Waals surface area contributed by atoms with Crippen LogP contribution in [-0.2, 0) is 14.8 Å². The molecule has 2 aromatic carbocycles. The summed E-state index contributed by atoms with van der Waals surface area (Å²) in [6.45, 7) is 10.9. The third-order valence-corrected chi connectivity index (χ3v) is 9.40. The molecule has 1 aromatic heterocycles. The Kier molecular flexibility index (Phi) is 8.53. The van der Waals surface area contributed by atoms with E-state index in [0.717, 1.165) is 16.7 Å². The summed E-state index contributed by atoms with van der Waals surface area (Å²) in [4.78, 5) is 12.9. The Hall–Kier alpha value is -3.23. The number of carbonyl (C=O) groups excluding carboxylic acids is 1. The zero-order valence-corrected chi connectivity index (χ0v) is 23.6. The number of aromatic nitrogens is 1. The molecule has 202 valence electrons. The van der Waals surface area contributed by atoms with E-state index in [2.05, 4.69) is 48.6 Å². The number of hydrogen-bond donors (Lipinski definition) is 1. The summed E-state index contributed by atoms with van der Waals surface area (Å²) in [5.41, 5.74) is 5.93. The van der Waals surface area contributed by atoms with Gasteiger partial charge >= 0.3 is 0 Å².